The number of aromatic amines is 1. The number of imidazole rings is 1. The van der Waals surface area contributed by atoms with E-state index in [1.807, 2.05) is 0 Å². The van der Waals surface area contributed by atoms with Gasteiger partial charge in [0.15, 0.2) is 0 Å². The number of hydrogen-bond donors (Lipinski definition) is 2. The van der Waals surface area contributed by atoms with Gasteiger partial charge in [0.05, 0.1) is 5.54 Å². The van der Waals surface area contributed by atoms with Crippen molar-refractivity contribution in [3.8, 4) is 0 Å². The molecule has 0 amide bonds. The van der Waals surface area contributed by atoms with E-state index in [0.29, 0.717) is 0 Å². The molecule has 106 valence electrons. The Kier molecular flexibility index (Phi) is 3.63. The van der Waals surface area contributed by atoms with Crippen LogP contribution in [0.5, 0.6) is 0 Å². The van der Waals surface area contributed by atoms with Crippen LogP contribution < -0.4 is 5.32 Å². The van der Waals surface area contributed by atoms with E-state index in [0.717, 1.165) is 37.9 Å². The lowest BCUT2D eigenvalue weighted by Crippen LogP contribution is -2.52. The van der Waals surface area contributed by atoms with Crippen molar-refractivity contribution in [2.75, 3.05) is 26.2 Å². The lowest BCUT2D eigenvalue weighted by Gasteiger charge is -2.39. The summed E-state index contributed by atoms with van der Waals surface area (Å²) in [6.45, 7) is 8.95. The van der Waals surface area contributed by atoms with E-state index in [1.54, 1.807) is 0 Å². The summed E-state index contributed by atoms with van der Waals surface area (Å²) in [6.07, 6.45) is 7.49. The summed E-state index contributed by atoms with van der Waals surface area (Å²) in [5.74, 6) is 1.86. The Labute approximate surface area is 116 Å². The molecule has 1 aromatic rings. The second kappa shape index (κ2) is 5.25. The van der Waals surface area contributed by atoms with Gasteiger partial charge in [0, 0.05) is 44.0 Å². The Bertz CT molecular complexity index is 412. The van der Waals surface area contributed by atoms with Gasteiger partial charge in [0.1, 0.15) is 5.82 Å². The molecule has 0 bridgehead atoms. The number of nitrogens with one attached hydrogen (secondary N) is 2. The molecule has 2 N–H and O–H groups in total. The summed E-state index contributed by atoms with van der Waals surface area (Å²) in [4.78, 5) is 10.8. The maximum Gasteiger partial charge on any atom is 0.126 e. The van der Waals surface area contributed by atoms with Crippen LogP contribution in [-0.4, -0.2) is 41.0 Å². The van der Waals surface area contributed by atoms with Crippen LogP contribution in [0.2, 0.25) is 0 Å². The molecule has 19 heavy (non-hydrogen) atoms. The van der Waals surface area contributed by atoms with Gasteiger partial charge in [-0.2, -0.15) is 0 Å². The zero-order valence-electron chi connectivity index (χ0n) is 12.2. The van der Waals surface area contributed by atoms with E-state index in [9.17, 15) is 0 Å². The lowest BCUT2D eigenvalue weighted by molar-refractivity contribution is 0.0954. The standard InChI is InChI=1S/C15H26N4/c1-15(2,19-9-7-16-8-10-19)14-17-11-13(18-14)12-5-3-4-6-12/h11-12,16H,3-10H2,1-2H3,(H,17,18). The molecule has 0 radical (unpaired) electrons. The number of rotatable bonds is 3. The molecular weight excluding hydrogens is 236 g/mol. The molecule has 2 fully saturated rings. The second-order valence-corrected chi connectivity index (χ2v) is 6.46. The molecule has 4 heteroatoms. The normalized spacial score (nSPS) is 23.1. The van der Waals surface area contributed by atoms with Crippen molar-refractivity contribution in [3.63, 3.8) is 0 Å². The van der Waals surface area contributed by atoms with E-state index in [-0.39, 0.29) is 5.54 Å². The van der Waals surface area contributed by atoms with Gasteiger partial charge in [0.25, 0.3) is 0 Å². The molecule has 0 aromatic carbocycles. The molecule has 1 saturated carbocycles. The van der Waals surface area contributed by atoms with Crippen molar-refractivity contribution in [2.24, 2.45) is 0 Å². The Morgan fingerprint density at radius 2 is 1.89 bits per heavy atom. The number of aromatic nitrogens is 2. The summed E-state index contributed by atoms with van der Waals surface area (Å²) in [5, 5.41) is 3.42. The molecule has 0 spiro atoms. The molecule has 1 saturated heterocycles. The minimum atomic E-state index is 0.0129. The third-order valence-corrected chi connectivity index (χ3v) is 4.88. The topological polar surface area (TPSA) is 44.0 Å². The van der Waals surface area contributed by atoms with Gasteiger partial charge >= 0.3 is 0 Å². The summed E-state index contributed by atoms with van der Waals surface area (Å²) in [6, 6.07) is 0. The summed E-state index contributed by atoms with van der Waals surface area (Å²) in [5.41, 5.74) is 1.37. The van der Waals surface area contributed by atoms with E-state index in [4.69, 9.17) is 4.98 Å². The van der Waals surface area contributed by atoms with Crippen LogP contribution in [0.3, 0.4) is 0 Å². The molecule has 0 atom stereocenters. The van der Waals surface area contributed by atoms with Crippen LogP contribution in [0.1, 0.15) is 57.0 Å². The van der Waals surface area contributed by atoms with Crippen LogP contribution in [-0.2, 0) is 5.54 Å². The minimum absolute atomic E-state index is 0.0129. The zero-order valence-corrected chi connectivity index (χ0v) is 12.2. The molecule has 3 rings (SSSR count). The summed E-state index contributed by atoms with van der Waals surface area (Å²) in [7, 11) is 0. The van der Waals surface area contributed by atoms with Gasteiger partial charge in [-0.15, -0.1) is 0 Å². The van der Waals surface area contributed by atoms with Crippen LogP contribution in [0.15, 0.2) is 6.20 Å². The van der Waals surface area contributed by atoms with Gasteiger partial charge in [-0.3, -0.25) is 4.90 Å². The highest BCUT2D eigenvalue weighted by Gasteiger charge is 2.33. The number of nitrogens with zero attached hydrogens (tertiary/aromatic N) is 2. The fourth-order valence-corrected chi connectivity index (χ4v) is 3.46. The molecule has 2 aliphatic rings. The van der Waals surface area contributed by atoms with Gasteiger partial charge in [-0.1, -0.05) is 12.8 Å². The third kappa shape index (κ3) is 2.56. The van der Waals surface area contributed by atoms with Gasteiger partial charge in [-0.05, 0) is 26.7 Å². The first-order chi connectivity index (χ1) is 9.18. The van der Waals surface area contributed by atoms with E-state index >= 15 is 0 Å². The first-order valence-electron chi connectivity index (χ1n) is 7.69. The minimum Gasteiger partial charge on any atom is -0.344 e. The van der Waals surface area contributed by atoms with E-state index in [1.165, 1.54) is 31.4 Å². The maximum absolute atomic E-state index is 4.69. The van der Waals surface area contributed by atoms with Crippen molar-refractivity contribution in [1.29, 1.82) is 0 Å². The van der Waals surface area contributed by atoms with Gasteiger partial charge in [-0.25, -0.2) is 4.98 Å². The van der Waals surface area contributed by atoms with Crippen molar-refractivity contribution in [2.45, 2.75) is 51.0 Å². The average molecular weight is 262 g/mol. The van der Waals surface area contributed by atoms with Crippen molar-refractivity contribution < 1.29 is 0 Å². The number of piperazine rings is 1. The molecule has 1 aliphatic carbocycles. The number of H-pyrrole nitrogens is 1. The molecule has 0 unspecified atom stereocenters. The van der Waals surface area contributed by atoms with Gasteiger partial charge < -0.3 is 10.3 Å². The lowest BCUT2D eigenvalue weighted by atomic mass is 10.0. The van der Waals surface area contributed by atoms with Crippen molar-refractivity contribution in [1.82, 2.24) is 20.2 Å². The largest absolute Gasteiger partial charge is 0.344 e. The Balaban J connectivity index is 1.76. The predicted octanol–water partition coefficient (Wildman–Crippen LogP) is 2.21. The molecule has 2 heterocycles. The highest BCUT2D eigenvalue weighted by atomic mass is 15.3. The Hall–Kier alpha value is -0.870. The Morgan fingerprint density at radius 3 is 2.58 bits per heavy atom. The molecule has 1 aromatic heterocycles. The molecule has 4 nitrogen and oxygen atoms in total. The van der Waals surface area contributed by atoms with Crippen LogP contribution >= 0.6 is 0 Å². The zero-order chi connectivity index (χ0) is 13.3. The van der Waals surface area contributed by atoms with Crippen LogP contribution in [0, 0.1) is 0 Å². The SMILES string of the molecule is CC(C)(c1ncc(C2CCCC2)[nH]1)N1CCNCC1. The average Bonchev–Trinajstić information content (AvgIpc) is 3.10. The van der Waals surface area contributed by atoms with E-state index in [2.05, 4.69) is 35.2 Å². The third-order valence-electron chi connectivity index (χ3n) is 4.88. The smallest absolute Gasteiger partial charge is 0.126 e. The maximum atomic E-state index is 4.69. The highest BCUT2D eigenvalue weighted by Crippen LogP contribution is 2.34. The fraction of sp³-hybridized carbons (Fsp3) is 0.800. The van der Waals surface area contributed by atoms with Crippen molar-refractivity contribution in [3.05, 3.63) is 17.7 Å². The number of hydrogen-bond acceptors (Lipinski definition) is 3. The highest BCUT2D eigenvalue weighted by molar-refractivity contribution is 5.14. The Morgan fingerprint density at radius 1 is 1.21 bits per heavy atom. The first-order valence-corrected chi connectivity index (χ1v) is 7.69. The van der Waals surface area contributed by atoms with Crippen LogP contribution in [0.4, 0.5) is 0 Å². The summed E-state index contributed by atoms with van der Waals surface area (Å²) < 4.78 is 0. The molecular formula is C15H26N4. The van der Waals surface area contributed by atoms with E-state index < -0.39 is 0 Å². The predicted molar refractivity (Wildman–Crippen MR) is 77.3 cm³/mol. The van der Waals surface area contributed by atoms with Gasteiger partial charge in [0.2, 0.25) is 0 Å². The quantitative estimate of drug-likeness (QED) is 0.878. The fourth-order valence-electron chi connectivity index (χ4n) is 3.46. The monoisotopic (exact) mass is 262 g/mol. The molecule has 1 aliphatic heterocycles. The second-order valence-electron chi connectivity index (χ2n) is 6.46. The summed E-state index contributed by atoms with van der Waals surface area (Å²) >= 11 is 0. The van der Waals surface area contributed by atoms with Crippen LogP contribution in [0.25, 0.3) is 0 Å². The first kappa shape index (κ1) is 13.1. The van der Waals surface area contributed by atoms with Crippen molar-refractivity contribution >= 4 is 0 Å².